The van der Waals surface area contributed by atoms with Crippen molar-refractivity contribution < 1.29 is 23.2 Å². The number of ether oxygens (including phenoxy) is 2. The SMILES string of the molecule is CCOC(=O)c1cc(-c2ccn3ncc(-c4c(C)noc4C)c3c2)oc1C1CCOCC1. The van der Waals surface area contributed by atoms with Gasteiger partial charge in [0.05, 0.1) is 29.6 Å². The molecule has 0 N–H and O–H groups in total. The first-order valence-electron chi connectivity index (χ1n) is 10.9. The summed E-state index contributed by atoms with van der Waals surface area (Å²) in [7, 11) is 0. The predicted octanol–water partition coefficient (Wildman–Crippen LogP) is 4.94. The maximum atomic E-state index is 12.7. The molecule has 1 fully saturated rings. The average Bonchev–Trinajstić information content (AvgIpc) is 3.51. The van der Waals surface area contributed by atoms with E-state index < -0.39 is 0 Å². The standard InChI is InChI=1S/C24H25N3O5/c1-4-30-24(28)18-12-21(31-23(18)16-6-9-29-10-7-16)17-5-8-27-20(11-17)19(13-25-27)22-14(2)26-32-15(22)3/h5,8,11-13,16H,4,6-7,9-10H2,1-3H3. The zero-order chi connectivity index (χ0) is 22.2. The summed E-state index contributed by atoms with van der Waals surface area (Å²) in [6.45, 7) is 7.24. The summed E-state index contributed by atoms with van der Waals surface area (Å²) < 4.78 is 24.2. The highest BCUT2D eigenvalue weighted by Gasteiger charge is 2.28. The van der Waals surface area contributed by atoms with Crippen molar-refractivity contribution in [3.8, 4) is 22.5 Å². The molecule has 0 spiro atoms. The minimum Gasteiger partial charge on any atom is -0.462 e. The lowest BCUT2D eigenvalue weighted by atomic mass is 9.95. The predicted molar refractivity (Wildman–Crippen MR) is 117 cm³/mol. The average molecular weight is 435 g/mol. The van der Waals surface area contributed by atoms with E-state index in [1.165, 1.54) is 0 Å². The molecular formula is C24H25N3O5. The van der Waals surface area contributed by atoms with E-state index in [0.717, 1.165) is 46.5 Å². The Morgan fingerprint density at radius 3 is 2.78 bits per heavy atom. The van der Waals surface area contributed by atoms with Crippen molar-refractivity contribution in [2.45, 2.75) is 39.5 Å². The minimum absolute atomic E-state index is 0.133. The number of pyridine rings is 1. The Kier molecular flexibility index (Phi) is 5.30. The van der Waals surface area contributed by atoms with Crippen LogP contribution in [0, 0.1) is 13.8 Å². The summed E-state index contributed by atoms with van der Waals surface area (Å²) in [5, 5.41) is 8.54. The first-order chi connectivity index (χ1) is 15.6. The molecule has 0 unspecified atom stereocenters. The molecule has 0 saturated carbocycles. The Bertz CT molecular complexity index is 1260. The lowest BCUT2D eigenvalue weighted by Crippen LogP contribution is -2.16. The Morgan fingerprint density at radius 1 is 1.25 bits per heavy atom. The van der Waals surface area contributed by atoms with Crippen molar-refractivity contribution in [3.63, 3.8) is 0 Å². The van der Waals surface area contributed by atoms with Gasteiger partial charge in [-0.15, -0.1) is 0 Å². The van der Waals surface area contributed by atoms with Crippen LogP contribution in [0.1, 0.15) is 53.3 Å². The van der Waals surface area contributed by atoms with Crippen molar-refractivity contribution in [2.24, 2.45) is 0 Å². The quantitative estimate of drug-likeness (QED) is 0.410. The Morgan fingerprint density at radius 2 is 2.06 bits per heavy atom. The van der Waals surface area contributed by atoms with Crippen LogP contribution in [0.25, 0.3) is 28.0 Å². The Balaban J connectivity index is 1.60. The largest absolute Gasteiger partial charge is 0.462 e. The summed E-state index contributed by atoms with van der Waals surface area (Å²) in [4.78, 5) is 12.7. The summed E-state index contributed by atoms with van der Waals surface area (Å²) in [6.07, 6.45) is 5.33. The van der Waals surface area contributed by atoms with Crippen molar-refractivity contribution in [2.75, 3.05) is 19.8 Å². The molecule has 0 aromatic carbocycles. The van der Waals surface area contributed by atoms with E-state index in [-0.39, 0.29) is 11.9 Å². The van der Waals surface area contributed by atoms with Crippen LogP contribution in [-0.4, -0.2) is 40.6 Å². The van der Waals surface area contributed by atoms with Gasteiger partial charge in [0, 0.05) is 36.5 Å². The molecule has 4 aromatic heterocycles. The van der Waals surface area contributed by atoms with Gasteiger partial charge in [-0.2, -0.15) is 5.10 Å². The van der Waals surface area contributed by atoms with Crippen LogP contribution in [0.15, 0.2) is 39.5 Å². The minimum atomic E-state index is -0.356. The number of aromatic nitrogens is 3. The van der Waals surface area contributed by atoms with Crippen LogP contribution in [0.5, 0.6) is 0 Å². The first kappa shape index (κ1) is 20.5. The number of esters is 1. The van der Waals surface area contributed by atoms with E-state index >= 15 is 0 Å². The van der Waals surface area contributed by atoms with Gasteiger partial charge < -0.3 is 18.4 Å². The molecule has 8 nitrogen and oxygen atoms in total. The monoisotopic (exact) mass is 435 g/mol. The van der Waals surface area contributed by atoms with E-state index in [0.29, 0.717) is 36.9 Å². The number of fused-ring (bicyclic) bond motifs is 1. The number of carbonyl (C=O) groups excluding carboxylic acids is 1. The molecular weight excluding hydrogens is 410 g/mol. The second-order valence-corrected chi connectivity index (χ2v) is 8.00. The number of nitrogens with zero attached hydrogens (tertiary/aromatic N) is 3. The summed E-state index contributed by atoms with van der Waals surface area (Å²) >= 11 is 0. The second-order valence-electron chi connectivity index (χ2n) is 8.00. The normalized spacial score (nSPS) is 14.8. The lowest BCUT2D eigenvalue weighted by Gasteiger charge is -2.20. The maximum absolute atomic E-state index is 12.7. The highest BCUT2D eigenvalue weighted by atomic mass is 16.5. The summed E-state index contributed by atoms with van der Waals surface area (Å²) in [5.41, 5.74) is 4.94. The zero-order valence-corrected chi connectivity index (χ0v) is 18.4. The molecule has 0 atom stereocenters. The highest BCUT2D eigenvalue weighted by molar-refractivity contribution is 5.92. The molecule has 8 heteroatoms. The number of aryl methyl sites for hydroxylation is 2. The molecule has 32 heavy (non-hydrogen) atoms. The maximum Gasteiger partial charge on any atom is 0.341 e. The topological polar surface area (TPSA) is 92.0 Å². The number of hydrogen-bond donors (Lipinski definition) is 0. The third-order valence-corrected chi connectivity index (χ3v) is 5.96. The van der Waals surface area contributed by atoms with Gasteiger partial charge in [-0.3, -0.25) is 0 Å². The molecule has 166 valence electrons. The van der Waals surface area contributed by atoms with Gasteiger partial charge in [0.1, 0.15) is 22.8 Å². The fraction of sp³-hybridized carbons (Fsp3) is 0.375. The van der Waals surface area contributed by atoms with Crippen molar-refractivity contribution in [1.82, 2.24) is 14.8 Å². The Hall–Kier alpha value is -3.39. The number of hydrogen-bond acceptors (Lipinski definition) is 7. The van der Waals surface area contributed by atoms with Crippen LogP contribution in [0.3, 0.4) is 0 Å². The molecule has 0 bridgehead atoms. The van der Waals surface area contributed by atoms with Crippen LogP contribution < -0.4 is 0 Å². The molecule has 4 aromatic rings. The van der Waals surface area contributed by atoms with E-state index in [1.807, 2.05) is 38.4 Å². The molecule has 1 saturated heterocycles. The van der Waals surface area contributed by atoms with Gasteiger partial charge in [0.25, 0.3) is 0 Å². The summed E-state index contributed by atoms with van der Waals surface area (Å²) in [6, 6.07) is 5.73. The fourth-order valence-corrected chi connectivity index (χ4v) is 4.37. The van der Waals surface area contributed by atoms with E-state index in [1.54, 1.807) is 17.5 Å². The molecule has 0 aliphatic carbocycles. The van der Waals surface area contributed by atoms with Gasteiger partial charge >= 0.3 is 5.97 Å². The van der Waals surface area contributed by atoms with Gasteiger partial charge in [0.2, 0.25) is 0 Å². The van der Waals surface area contributed by atoms with Gasteiger partial charge in [0.15, 0.2) is 0 Å². The van der Waals surface area contributed by atoms with Crippen molar-refractivity contribution in [1.29, 1.82) is 0 Å². The van der Waals surface area contributed by atoms with E-state index in [9.17, 15) is 4.79 Å². The van der Waals surface area contributed by atoms with Gasteiger partial charge in [-0.1, -0.05) is 5.16 Å². The van der Waals surface area contributed by atoms with Crippen LogP contribution in [0.2, 0.25) is 0 Å². The third-order valence-electron chi connectivity index (χ3n) is 5.96. The van der Waals surface area contributed by atoms with Crippen LogP contribution in [-0.2, 0) is 9.47 Å². The highest BCUT2D eigenvalue weighted by Crippen LogP contribution is 2.37. The summed E-state index contributed by atoms with van der Waals surface area (Å²) in [5.74, 6) is 1.83. The first-order valence-corrected chi connectivity index (χ1v) is 10.9. The van der Waals surface area contributed by atoms with Crippen molar-refractivity contribution >= 4 is 11.5 Å². The second kappa shape index (κ2) is 8.27. The molecule has 5 heterocycles. The van der Waals surface area contributed by atoms with Gasteiger partial charge in [-0.25, -0.2) is 9.31 Å². The van der Waals surface area contributed by atoms with Crippen LogP contribution >= 0.6 is 0 Å². The molecule has 1 aliphatic heterocycles. The van der Waals surface area contributed by atoms with E-state index in [4.69, 9.17) is 18.4 Å². The number of furan rings is 1. The molecule has 5 rings (SSSR count). The van der Waals surface area contributed by atoms with Crippen molar-refractivity contribution in [3.05, 3.63) is 53.4 Å². The molecule has 0 amide bonds. The Labute approximate surface area is 185 Å². The zero-order valence-electron chi connectivity index (χ0n) is 18.4. The molecule has 0 radical (unpaired) electrons. The van der Waals surface area contributed by atoms with E-state index in [2.05, 4.69) is 10.3 Å². The van der Waals surface area contributed by atoms with Crippen LogP contribution in [0.4, 0.5) is 0 Å². The lowest BCUT2D eigenvalue weighted by molar-refractivity contribution is 0.0515. The third kappa shape index (κ3) is 3.50. The fourth-order valence-electron chi connectivity index (χ4n) is 4.37. The van der Waals surface area contributed by atoms with Gasteiger partial charge in [-0.05, 0) is 51.8 Å². The smallest absolute Gasteiger partial charge is 0.341 e. The number of rotatable bonds is 5. The molecule has 1 aliphatic rings. The number of carbonyl (C=O) groups is 1.